The molecule has 0 aliphatic carbocycles. The number of carbonyl (C=O) groups excluding carboxylic acids is 2. The van der Waals surface area contributed by atoms with Gasteiger partial charge in [-0.25, -0.2) is 10.0 Å². The standard InChI is InChI=1S/C25H34N4O4S/c1-27(2)17-21(16-26)24(30)23-15-20-14-19(25(31)28-8-10-32-11-9-28)6-7-22(20)29(23)18-33-12-13-34(3,4)5/h6-7,14-15,17H,8-13,18H2,1-5H3/b21-17+. The summed E-state index contributed by atoms with van der Waals surface area (Å²) in [6, 6.07) is 9.19. The van der Waals surface area contributed by atoms with E-state index < -0.39 is 10.0 Å². The minimum Gasteiger partial charge on any atom is -0.382 e. The summed E-state index contributed by atoms with van der Waals surface area (Å²) in [5, 5.41) is 10.3. The lowest BCUT2D eigenvalue weighted by Crippen LogP contribution is -2.40. The molecule has 1 aromatic heterocycles. The van der Waals surface area contributed by atoms with Crippen LogP contribution in [0.25, 0.3) is 10.9 Å². The van der Waals surface area contributed by atoms with Crippen LogP contribution in [0.1, 0.15) is 20.8 Å². The number of nitrogens with zero attached hydrogens (tertiary/aromatic N) is 4. The molecular formula is C25H34N4O4S. The molecule has 0 unspecified atom stereocenters. The van der Waals surface area contributed by atoms with Gasteiger partial charge in [-0.2, -0.15) is 5.26 Å². The monoisotopic (exact) mass is 486 g/mol. The van der Waals surface area contributed by atoms with Crippen LogP contribution in [-0.4, -0.2) is 97.6 Å². The molecule has 2 aromatic rings. The van der Waals surface area contributed by atoms with Crippen molar-refractivity contribution in [3.63, 3.8) is 0 Å². The number of amides is 1. The molecule has 1 aliphatic heterocycles. The molecule has 0 atom stereocenters. The maximum absolute atomic E-state index is 13.3. The summed E-state index contributed by atoms with van der Waals surface area (Å²) in [5.41, 5.74) is 1.75. The quantitative estimate of drug-likeness (QED) is 0.234. The number of ketones is 1. The van der Waals surface area contributed by atoms with Crippen molar-refractivity contribution in [1.82, 2.24) is 14.4 Å². The number of benzene rings is 1. The zero-order valence-corrected chi connectivity index (χ0v) is 21.5. The van der Waals surface area contributed by atoms with E-state index in [-0.39, 0.29) is 24.0 Å². The predicted molar refractivity (Wildman–Crippen MR) is 137 cm³/mol. The zero-order chi connectivity index (χ0) is 24.9. The highest BCUT2D eigenvalue weighted by molar-refractivity contribution is 8.32. The lowest BCUT2D eigenvalue weighted by Gasteiger charge is -2.26. The Bertz CT molecular complexity index is 1120. The summed E-state index contributed by atoms with van der Waals surface area (Å²) in [7, 11) is 2.83. The fourth-order valence-corrected chi connectivity index (χ4v) is 4.30. The van der Waals surface area contributed by atoms with E-state index in [1.807, 2.05) is 12.1 Å². The molecule has 1 fully saturated rings. The Labute approximate surface area is 203 Å². The molecule has 8 nitrogen and oxygen atoms in total. The van der Waals surface area contributed by atoms with Crippen molar-refractivity contribution in [3.8, 4) is 6.07 Å². The van der Waals surface area contributed by atoms with E-state index in [1.54, 1.807) is 46.7 Å². The third-order valence-electron chi connectivity index (χ3n) is 5.49. The smallest absolute Gasteiger partial charge is 0.254 e. The van der Waals surface area contributed by atoms with Crippen LogP contribution < -0.4 is 0 Å². The average molecular weight is 487 g/mol. The van der Waals surface area contributed by atoms with E-state index in [0.717, 1.165) is 16.7 Å². The van der Waals surface area contributed by atoms with Crippen LogP contribution in [-0.2, 0) is 16.2 Å². The molecule has 9 heteroatoms. The van der Waals surface area contributed by atoms with E-state index in [1.165, 1.54) is 6.20 Å². The molecule has 1 aliphatic rings. The van der Waals surface area contributed by atoms with Gasteiger partial charge in [-0.05, 0) is 43.0 Å². The van der Waals surface area contributed by atoms with Crippen LogP contribution >= 0.6 is 10.0 Å². The summed E-state index contributed by atoms with van der Waals surface area (Å²) >= 11 is 0. The van der Waals surface area contributed by atoms with E-state index in [0.29, 0.717) is 44.2 Å². The molecule has 0 radical (unpaired) electrons. The van der Waals surface area contributed by atoms with Gasteiger partial charge in [-0.3, -0.25) is 9.59 Å². The summed E-state index contributed by atoms with van der Waals surface area (Å²) in [6.07, 6.45) is 8.21. The first-order valence-corrected chi connectivity index (χ1v) is 14.2. The summed E-state index contributed by atoms with van der Waals surface area (Å²) in [6.45, 7) is 2.96. The lowest BCUT2D eigenvalue weighted by atomic mass is 10.1. The van der Waals surface area contributed by atoms with Gasteiger partial charge in [-0.15, -0.1) is 0 Å². The van der Waals surface area contributed by atoms with Crippen molar-refractivity contribution in [2.75, 3.05) is 71.5 Å². The van der Waals surface area contributed by atoms with Crippen LogP contribution in [0.5, 0.6) is 0 Å². The van der Waals surface area contributed by atoms with Crippen molar-refractivity contribution in [2.45, 2.75) is 6.73 Å². The number of fused-ring (bicyclic) bond motifs is 1. The van der Waals surface area contributed by atoms with Crippen molar-refractivity contribution in [3.05, 3.63) is 47.3 Å². The fourth-order valence-electron chi connectivity index (χ4n) is 3.68. The van der Waals surface area contributed by atoms with Gasteiger partial charge in [0, 0.05) is 50.1 Å². The molecular weight excluding hydrogens is 452 g/mol. The molecule has 1 saturated heterocycles. The molecule has 0 bridgehead atoms. The van der Waals surface area contributed by atoms with Crippen LogP contribution in [0.4, 0.5) is 0 Å². The van der Waals surface area contributed by atoms with Gasteiger partial charge in [0.15, 0.2) is 0 Å². The predicted octanol–water partition coefficient (Wildman–Crippen LogP) is 2.93. The molecule has 2 heterocycles. The molecule has 0 spiro atoms. The van der Waals surface area contributed by atoms with Crippen molar-refractivity contribution >= 4 is 32.6 Å². The highest BCUT2D eigenvalue weighted by Gasteiger charge is 2.23. The molecule has 1 aromatic carbocycles. The second-order valence-electron chi connectivity index (χ2n) is 9.42. The average Bonchev–Trinajstić information content (AvgIpc) is 3.16. The Kier molecular flexibility index (Phi) is 8.42. The molecule has 184 valence electrons. The Morgan fingerprint density at radius 3 is 2.53 bits per heavy atom. The van der Waals surface area contributed by atoms with Crippen LogP contribution in [0, 0.1) is 11.3 Å². The normalized spacial score (nSPS) is 15.3. The van der Waals surface area contributed by atoms with E-state index in [4.69, 9.17) is 9.47 Å². The lowest BCUT2D eigenvalue weighted by molar-refractivity contribution is 0.0303. The van der Waals surface area contributed by atoms with Gasteiger partial charge in [0.25, 0.3) is 5.91 Å². The van der Waals surface area contributed by atoms with Gasteiger partial charge in [0.1, 0.15) is 18.4 Å². The van der Waals surface area contributed by atoms with Crippen molar-refractivity contribution < 1.29 is 19.1 Å². The summed E-state index contributed by atoms with van der Waals surface area (Å²) < 4.78 is 13.1. The van der Waals surface area contributed by atoms with Gasteiger partial charge in [0.2, 0.25) is 5.78 Å². The number of Topliss-reactive ketones (excluding diaryl/α,β-unsaturated/α-hetero) is 1. The van der Waals surface area contributed by atoms with Crippen LogP contribution in [0.15, 0.2) is 36.0 Å². The maximum Gasteiger partial charge on any atom is 0.254 e. The number of hydrogen-bond acceptors (Lipinski definition) is 6. The number of nitriles is 1. The number of hydrogen-bond donors (Lipinski definition) is 0. The van der Waals surface area contributed by atoms with E-state index in [9.17, 15) is 14.9 Å². The third kappa shape index (κ3) is 6.41. The highest BCUT2D eigenvalue weighted by Crippen LogP contribution is 2.33. The molecule has 0 saturated carbocycles. The highest BCUT2D eigenvalue weighted by atomic mass is 32.3. The van der Waals surface area contributed by atoms with Gasteiger partial charge >= 0.3 is 0 Å². The summed E-state index contributed by atoms with van der Waals surface area (Å²) in [4.78, 5) is 29.7. The number of morpholine rings is 1. The maximum atomic E-state index is 13.3. The molecule has 0 N–H and O–H groups in total. The Hall–Kier alpha value is -2.80. The first-order chi connectivity index (χ1) is 16.1. The Balaban J connectivity index is 1.97. The second-order valence-corrected chi connectivity index (χ2v) is 14.0. The molecule has 1 amide bonds. The van der Waals surface area contributed by atoms with Crippen molar-refractivity contribution in [2.24, 2.45) is 0 Å². The van der Waals surface area contributed by atoms with E-state index in [2.05, 4.69) is 18.8 Å². The Morgan fingerprint density at radius 2 is 1.91 bits per heavy atom. The first kappa shape index (κ1) is 25.8. The number of rotatable bonds is 9. The van der Waals surface area contributed by atoms with Crippen LogP contribution in [0.3, 0.4) is 0 Å². The van der Waals surface area contributed by atoms with Gasteiger partial charge in [-0.1, -0.05) is 0 Å². The fraction of sp³-hybridized carbons (Fsp3) is 0.480. The van der Waals surface area contributed by atoms with Crippen molar-refractivity contribution in [1.29, 1.82) is 5.26 Å². The number of allylic oxidation sites excluding steroid dienone is 1. The van der Waals surface area contributed by atoms with E-state index >= 15 is 0 Å². The third-order valence-corrected chi connectivity index (χ3v) is 6.88. The number of carbonyl (C=O) groups is 2. The van der Waals surface area contributed by atoms with Gasteiger partial charge < -0.3 is 23.8 Å². The molecule has 34 heavy (non-hydrogen) atoms. The van der Waals surface area contributed by atoms with Crippen LogP contribution in [0.2, 0.25) is 0 Å². The summed E-state index contributed by atoms with van der Waals surface area (Å²) in [5.74, 6) is 0.524. The molecule has 3 rings (SSSR count). The largest absolute Gasteiger partial charge is 0.382 e. The number of ether oxygens (including phenoxy) is 2. The Morgan fingerprint density at radius 1 is 1.21 bits per heavy atom. The number of aromatic nitrogens is 1. The van der Waals surface area contributed by atoms with Gasteiger partial charge in [0.05, 0.1) is 31.0 Å². The zero-order valence-electron chi connectivity index (χ0n) is 20.7. The minimum absolute atomic E-state index is 0.0396. The first-order valence-electron chi connectivity index (χ1n) is 11.2. The SMILES string of the molecule is CN(C)/C=C(\C#N)C(=O)c1cc2cc(C(=O)N3CCOCC3)ccc2n1COCCS(C)(C)C. The topological polar surface area (TPSA) is 87.8 Å². The minimum atomic E-state index is -0.701. The second kappa shape index (κ2) is 11.1.